The molecule has 14 heavy (non-hydrogen) atoms. The molecule has 0 spiro atoms. The number of unbranched alkanes of at least 4 members (excludes halogenated alkanes) is 2. The van der Waals surface area contributed by atoms with Crippen molar-refractivity contribution in [2.45, 2.75) is 24.2 Å². The van der Waals surface area contributed by atoms with E-state index in [0.29, 0.717) is 0 Å². The molecular weight excluding hydrogens is 235 g/mol. The van der Waals surface area contributed by atoms with Crippen LogP contribution in [0.3, 0.4) is 0 Å². The third-order valence-corrected chi connectivity index (χ3v) is 3.43. The first-order valence-electron chi connectivity index (χ1n) is 4.77. The summed E-state index contributed by atoms with van der Waals surface area (Å²) in [5, 5.41) is 0.816. The van der Waals surface area contributed by atoms with E-state index in [9.17, 15) is 0 Å². The van der Waals surface area contributed by atoms with Gasteiger partial charge < -0.3 is 0 Å². The van der Waals surface area contributed by atoms with E-state index < -0.39 is 0 Å². The minimum Gasteiger partial charge on any atom is -0.127 e. The first kappa shape index (κ1) is 12.2. The van der Waals surface area contributed by atoms with Gasteiger partial charge in [-0.3, -0.25) is 0 Å². The summed E-state index contributed by atoms with van der Waals surface area (Å²) in [6.45, 7) is 0. The van der Waals surface area contributed by atoms with Crippen LogP contribution in [-0.2, 0) is 0 Å². The van der Waals surface area contributed by atoms with Gasteiger partial charge in [0.1, 0.15) is 0 Å². The van der Waals surface area contributed by atoms with Crippen molar-refractivity contribution in [3.05, 3.63) is 29.3 Å². The molecule has 0 radical (unpaired) electrons. The van der Waals surface area contributed by atoms with Gasteiger partial charge in [-0.15, -0.1) is 23.4 Å². The van der Waals surface area contributed by atoms with E-state index in [4.69, 9.17) is 23.2 Å². The van der Waals surface area contributed by atoms with Crippen molar-refractivity contribution in [1.29, 1.82) is 0 Å². The Hall–Kier alpha value is 0.150. The number of hydrogen-bond acceptors (Lipinski definition) is 1. The smallest absolute Gasteiger partial charge is 0.0417 e. The van der Waals surface area contributed by atoms with Crippen LogP contribution in [0.25, 0.3) is 0 Å². The van der Waals surface area contributed by atoms with Gasteiger partial charge in [0.15, 0.2) is 0 Å². The van der Waals surface area contributed by atoms with Crippen LogP contribution in [0.2, 0.25) is 5.02 Å². The van der Waals surface area contributed by atoms with Crippen molar-refractivity contribution in [1.82, 2.24) is 0 Å². The number of rotatable bonds is 6. The molecule has 0 saturated carbocycles. The molecule has 0 unspecified atom stereocenters. The van der Waals surface area contributed by atoms with Crippen LogP contribution in [0.4, 0.5) is 0 Å². The van der Waals surface area contributed by atoms with E-state index in [-0.39, 0.29) is 0 Å². The molecule has 3 heteroatoms. The average molecular weight is 249 g/mol. The van der Waals surface area contributed by atoms with E-state index in [0.717, 1.165) is 23.1 Å². The zero-order chi connectivity index (χ0) is 10.2. The lowest BCUT2D eigenvalue weighted by Gasteiger charge is -2.01. The normalized spacial score (nSPS) is 10.4. The highest BCUT2D eigenvalue weighted by molar-refractivity contribution is 7.99. The van der Waals surface area contributed by atoms with E-state index >= 15 is 0 Å². The fraction of sp³-hybridized carbons (Fsp3) is 0.455. The van der Waals surface area contributed by atoms with E-state index in [1.807, 2.05) is 30.0 Å². The predicted octanol–water partition coefficient (Wildman–Crippen LogP) is 4.84. The quantitative estimate of drug-likeness (QED) is 0.395. The number of hydrogen-bond donors (Lipinski definition) is 0. The zero-order valence-electron chi connectivity index (χ0n) is 8.01. The molecule has 1 rings (SSSR count). The van der Waals surface area contributed by atoms with Gasteiger partial charge >= 0.3 is 0 Å². The van der Waals surface area contributed by atoms with Crippen molar-refractivity contribution in [2.24, 2.45) is 0 Å². The maximum atomic E-state index is 5.88. The lowest BCUT2D eigenvalue weighted by atomic mass is 10.3. The van der Waals surface area contributed by atoms with Crippen molar-refractivity contribution < 1.29 is 0 Å². The second-order valence-corrected chi connectivity index (χ2v) is 5.04. The molecule has 0 fully saturated rings. The molecule has 0 bridgehead atoms. The number of thioether (sulfide) groups is 1. The fourth-order valence-electron chi connectivity index (χ4n) is 1.12. The lowest BCUT2D eigenvalue weighted by molar-refractivity contribution is 0.783. The largest absolute Gasteiger partial charge is 0.127 e. The van der Waals surface area contributed by atoms with Crippen LogP contribution in [0, 0.1) is 0 Å². The van der Waals surface area contributed by atoms with Gasteiger partial charge in [0.25, 0.3) is 0 Å². The molecule has 0 aliphatic carbocycles. The predicted molar refractivity (Wildman–Crippen MR) is 66.7 cm³/mol. The SMILES string of the molecule is ClCCCCCSc1cccc(Cl)c1. The highest BCUT2D eigenvalue weighted by Crippen LogP contribution is 2.22. The summed E-state index contributed by atoms with van der Waals surface area (Å²) in [5.74, 6) is 1.93. The van der Waals surface area contributed by atoms with Gasteiger partial charge in [0, 0.05) is 15.8 Å². The van der Waals surface area contributed by atoms with E-state index in [1.165, 1.54) is 17.7 Å². The molecule has 78 valence electrons. The van der Waals surface area contributed by atoms with Crippen LogP contribution < -0.4 is 0 Å². The zero-order valence-corrected chi connectivity index (χ0v) is 10.3. The summed E-state index contributed by atoms with van der Waals surface area (Å²) in [5.41, 5.74) is 0. The average Bonchev–Trinajstić information content (AvgIpc) is 2.18. The first-order chi connectivity index (χ1) is 6.83. The third kappa shape index (κ3) is 5.14. The number of alkyl halides is 1. The summed E-state index contributed by atoms with van der Waals surface area (Å²) in [4.78, 5) is 1.25. The van der Waals surface area contributed by atoms with E-state index in [1.54, 1.807) is 0 Å². The van der Waals surface area contributed by atoms with Crippen LogP contribution >= 0.6 is 35.0 Å². The Morgan fingerprint density at radius 3 is 2.71 bits per heavy atom. The van der Waals surface area contributed by atoms with Crippen LogP contribution in [-0.4, -0.2) is 11.6 Å². The summed E-state index contributed by atoms with van der Waals surface area (Å²) in [6, 6.07) is 7.99. The van der Waals surface area contributed by atoms with Crippen molar-refractivity contribution in [3.63, 3.8) is 0 Å². The summed E-state index contributed by atoms with van der Waals surface area (Å²) in [7, 11) is 0. The second kappa shape index (κ2) is 7.44. The first-order valence-corrected chi connectivity index (χ1v) is 6.67. The monoisotopic (exact) mass is 248 g/mol. The van der Waals surface area contributed by atoms with Gasteiger partial charge in [-0.05, 0) is 36.8 Å². The number of benzene rings is 1. The molecule has 0 amide bonds. The van der Waals surface area contributed by atoms with Gasteiger partial charge in [0.05, 0.1) is 0 Å². The van der Waals surface area contributed by atoms with Gasteiger partial charge in [-0.1, -0.05) is 24.1 Å². The van der Waals surface area contributed by atoms with E-state index in [2.05, 4.69) is 6.07 Å². The maximum absolute atomic E-state index is 5.88. The molecule has 1 aromatic rings. The maximum Gasteiger partial charge on any atom is 0.0417 e. The van der Waals surface area contributed by atoms with Crippen molar-refractivity contribution in [2.75, 3.05) is 11.6 Å². The molecular formula is C11H14Cl2S. The standard InChI is InChI=1S/C11H14Cl2S/c12-7-2-1-3-8-14-11-6-4-5-10(13)9-11/h4-6,9H,1-3,7-8H2. The lowest BCUT2D eigenvalue weighted by Crippen LogP contribution is -1.82. The molecule has 0 atom stereocenters. The molecule has 0 heterocycles. The Bertz CT molecular complexity index is 263. The topological polar surface area (TPSA) is 0 Å². The molecule has 0 N–H and O–H groups in total. The third-order valence-electron chi connectivity index (χ3n) is 1.84. The number of halogens is 2. The highest BCUT2D eigenvalue weighted by atomic mass is 35.5. The Kier molecular flexibility index (Phi) is 6.50. The van der Waals surface area contributed by atoms with Gasteiger partial charge in [-0.25, -0.2) is 0 Å². The molecule has 0 nitrogen and oxygen atoms in total. The summed E-state index contributed by atoms with van der Waals surface area (Å²) < 4.78 is 0. The van der Waals surface area contributed by atoms with Crippen LogP contribution in [0.5, 0.6) is 0 Å². The van der Waals surface area contributed by atoms with Crippen molar-refractivity contribution >= 4 is 35.0 Å². The molecule has 1 aromatic carbocycles. The summed E-state index contributed by atoms with van der Waals surface area (Å²) in [6.07, 6.45) is 3.57. The summed E-state index contributed by atoms with van der Waals surface area (Å²) >= 11 is 13.3. The molecule has 0 aromatic heterocycles. The Balaban J connectivity index is 2.18. The molecule has 0 aliphatic rings. The van der Waals surface area contributed by atoms with Crippen LogP contribution in [0.15, 0.2) is 29.2 Å². The Morgan fingerprint density at radius 1 is 1.14 bits per heavy atom. The van der Waals surface area contributed by atoms with Crippen molar-refractivity contribution in [3.8, 4) is 0 Å². The molecule has 0 aliphatic heterocycles. The Morgan fingerprint density at radius 2 is 2.00 bits per heavy atom. The minimum atomic E-state index is 0.780. The van der Waals surface area contributed by atoms with Gasteiger partial charge in [-0.2, -0.15) is 0 Å². The Labute approximate surface area is 100.0 Å². The highest BCUT2D eigenvalue weighted by Gasteiger charge is 1.95. The minimum absolute atomic E-state index is 0.780. The fourth-order valence-corrected chi connectivity index (χ4v) is 2.53. The van der Waals surface area contributed by atoms with Crippen LogP contribution in [0.1, 0.15) is 19.3 Å². The second-order valence-electron chi connectivity index (χ2n) is 3.06. The molecule has 0 saturated heterocycles. The van der Waals surface area contributed by atoms with Gasteiger partial charge in [0.2, 0.25) is 0 Å².